The molecule has 2 aliphatic rings. The van der Waals surface area contributed by atoms with Gasteiger partial charge in [0.05, 0.1) is 18.9 Å². The van der Waals surface area contributed by atoms with Crippen LogP contribution < -0.4 is 10.1 Å². The highest BCUT2D eigenvalue weighted by Gasteiger charge is 2.48. The van der Waals surface area contributed by atoms with Gasteiger partial charge in [-0.2, -0.15) is 0 Å². The molecular weight excluding hydrogens is 364 g/mol. The number of ether oxygens (including phenoxy) is 2. The van der Waals surface area contributed by atoms with Gasteiger partial charge in [0.1, 0.15) is 12.3 Å². The number of nitrogens with one attached hydrogen (secondary N) is 1. The third-order valence-electron chi connectivity index (χ3n) is 5.23. The van der Waals surface area contributed by atoms with Crippen molar-refractivity contribution in [3.63, 3.8) is 0 Å². The summed E-state index contributed by atoms with van der Waals surface area (Å²) in [4.78, 5) is 49.5. The Balaban J connectivity index is 1.41. The Kier molecular flexibility index (Phi) is 6.28. The summed E-state index contributed by atoms with van der Waals surface area (Å²) in [5, 5.41) is 2.64. The Hall–Kier alpha value is -2.90. The number of rotatable bonds is 7. The molecule has 28 heavy (non-hydrogen) atoms. The summed E-state index contributed by atoms with van der Waals surface area (Å²) >= 11 is 0. The molecule has 1 saturated heterocycles. The van der Waals surface area contributed by atoms with Gasteiger partial charge < -0.3 is 14.8 Å². The number of carbonyl (C=O) groups is 4. The molecule has 1 aliphatic heterocycles. The Morgan fingerprint density at radius 2 is 1.68 bits per heavy atom. The summed E-state index contributed by atoms with van der Waals surface area (Å²) in [5.74, 6) is -1.71. The summed E-state index contributed by atoms with van der Waals surface area (Å²) in [6, 6.07) is 7.19. The van der Waals surface area contributed by atoms with Crippen molar-refractivity contribution in [1.82, 2.24) is 10.2 Å². The van der Waals surface area contributed by atoms with Crippen molar-refractivity contribution in [3.8, 4) is 5.75 Å². The first-order valence-electron chi connectivity index (χ1n) is 9.40. The van der Waals surface area contributed by atoms with E-state index in [0.29, 0.717) is 12.8 Å². The van der Waals surface area contributed by atoms with Gasteiger partial charge in [-0.3, -0.25) is 24.1 Å². The highest BCUT2D eigenvalue weighted by atomic mass is 16.5. The van der Waals surface area contributed by atoms with Crippen molar-refractivity contribution < 1.29 is 28.7 Å². The van der Waals surface area contributed by atoms with Crippen LogP contribution in [-0.4, -0.2) is 48.9 Å². The summed E-state index contributed by atoms with van der Waals surface area (Å²) in [6.07, 6.45) is 3.22. The fourth-order valence-corrected chi connectivity index (χ4v) is 3.70. The quantitative estimate of drug-likeness (QED) is 0.553. The van der Waals surface area contributed by atoms with Gasteiger partial charge >= 0.3 is 5.97 Å². The molecule has 3 rings (SSSR count). The van der Waals surface area contributed by atoms with Crippen LogP contribution in [0.1, 0.15) is 31.2 Å². The topological polar surface area (TPSA) is 102 Å². The molecule has 0 aromatic heterocycles. The van der Waals surface area contributed by atoms with Crippen LogP contribution in [-0.2, 0) is 30.5 Å². The van der Waals surface area contributed by atoms with E-state index >= 15 is 0 Å². The van der Waals surface area contributed by atoms with Crippen molar-refractivity contribution in [2.75, 3.05) is 20.3 Å². The first-order chi connectivity index (χ1) is 13.5. The number of carbonyl (C=O) groups excluding carboxylic acids is 4. The molecule has 8 heteroatoms. The van der Waals surface area contributed by atoms with Crippen LogP contribution in [0, 0.1) is 11.8 Å². The Morgan fingerprint density at radius 1 is 1.07 bits per heavy atom. The van der Waals surface area contributed by atoms with E-state index < -0.39 is 25.0 Å². The highest BCUT2D eigenvalue weighted by Crippen LogP contribution is 2.37. The van der Waals surface area contributed by atoms with Gasteiger partial charge in [0.15, 0.2) is 6.61 Å². The zero-order chi connectivity index (χ0) is 20.1. The zero-order valence-electron chi connectivity index (χ0n) is 15.8. The predicted octanol–water partition coefficient (Wildman–Crippen LogP) is 1.03. The molecule has 0 radical (unpaired) electrons. The lowest BCUT2D eigenvalue weighted by molar-refractivity contribution is -0.154. The molecule has 1 saturated carbocycles. The van der Waals surface area contributed by atoms with Crippen LogP contribution >= 0.6 is 0 Å². The van der Waals surface area contributed by atoms with E-state index in [4.69, 9.17) is 9.47 Å². The molecule has 1 heterocycles. The van der Waals surface area contributed by atoms with Gasteiger partial charge in [0, 0.05) is 6.54 Å². The molecule has 0 spiro atoms. The first-order valence-corrected chi connectivity index (χ1v) is 9.40. The maximum atomic E-state index is 12.3. The van der Waals surface area contributed by atoms with Crippen molar-refractivity contribution in [3.05, 3.63) is 29.8 Å². The number of likely N-dealkylation sites (tertiary alicyclic amines) is 1. The minimum atomic E-state index is -0.764. The Morgan fingerprint density at radius 3 is 2.25 bits per heavy atom. The zero-order valence-corrected chi connectivity index (χ0v) is 15.8. The minimum absolute atomic E-state index is 0.285. The number of imide groups is 1. The molecule has 2 fully saturated rings. The lowest BCUT2D eigenvalue weighted by atomic mass is 9.81. The normalized spacial score (nSPS) is 21.2. The van der Waals surface area contributed by atoms with E-state index in [1.165, 1.54) is 0 Å². The summed E-state index contributed by atoms with van der Waals surface area (Å²) in [6.45, 7) is -0.610. The summed E-state index contributed by atoms with van der Waals surface area (Å²) in [5.41, 5.74) is 0.872. The van der Waals surface area contributed by atoms with Crippen LogP contribution in [0.15, 0.2) is 24.3 Å². The Labute approximate surface area is 163 Å². The number of hydrogen-bond acceptors (Lipinski definition) is 6. The monoisotopic (exact) mass is 388 g/mol. The van der Waals surface area contributed by atoms with Crippen molar-refractivity contribution in [2.45, 2.75) is 32.2 Å². The number of fused-ring (bicyclic) bond motifs is 1. The van der Waals surface area contributed by atoms with Gasteiger partial charge in [0.2, 0.25) is 11.8 Å². The standard InChI is InChI=1S/C20H24N2O6/c1-27-14-8-6-13(7-9-14)10-21-17(23)12-28-18(24)11-22-19(25)15-4-2-3-5-16(15)20(22)26/h6-9,15-16H,2-5,10-12H2,1H3,(H,21,23)/t15-,16+. The first kappa shape index (κ1) is 19.9. The molecule has 0 unspecified atom stereocenters. The number of esters is 1. The van der Waals surface area contributed by atoms with Crippen LogP contribution in [0.5, 0.6) is 5.75 Å². The van der Waals surface area contributed by atoms with Gasteiger partial charge in [-0.25, -0.2) is 0 Å². The van der Waals surface area contributed by atoms with Crippen LogP contribution in [0.25, 0.3) is 0 Å². The van der Waals surface area contributed by atoms with Gasteiger partial charge in [0.25, 0.3) is 5.91 Å². The van der Waals surface area contributed by atoms with E-state index in [-0.39, 0.29) is 30.2 Å². The molecule has 1 N–H and O–H groups in total. The second-order valence-electron chi connectivity index (χ2n) is 7.05. The number of amides is 3. The third kappa shape index (κ3) is 4.49. The maximum Gasteiger partial charge on any atom is 0.326 e. The van der Waals surface area contributed by atoms with E-state index in [1.807, 2.05) is 12.1 Å². The molecule has 0 bridgehead atoms. The molecule has 1 aromatic rings. The molecule has 3 amide bonds. The molecule has 1 aromatic carbocycles. The fraction of sp³-hybridized carbons (Fsp3) is 0.500. The highest BCUT2D eigenvalue weighted by molar-refractivity contribution is 6.07. The second kappa shape index (κ2) is 8.86. The van der Waals surface area contributed by atoms with Crippen molar-refractivity contribution >= 4 is 23.7 Å². The smallest absolute Gasteiger partial charge is 0.326 e. The van der Waals surface area contributed by atoms with E-state index in [0.717, 1.165) is 29.1 Å². The molecule has 2 atom stereocenters. The number of nitrogens with zero attached hydrogens (tertiary/aromatic N) is 1. The van der Waals surface area contributed by atoms with Crippen LogP contribution in [0.3, 0.4) is 0 Å². The molecule has 1 aliphatic carbocycles. The van der Waals surface area contributed by atoms with Gasteiger partial charge in [-0.1, -0.05) is 25.0 Å². The molecule has 150 valence electrons. The average Bonchev–Trinajstić information content (AvgIpc) is 2.96. The summed E-state index contributed by atoms with van der Waals surface area (Å²) in [7, 11) is 1.57. The van der Waals surface area contributed by atoms with E-state index in [9.17, 15) is 19.2 Å². The lowest BCUT2D eigenvalue weighted by Crippen LogP contribution is -2.38. The van der Waals surface area contributed by atoms with E-state index in [1.54, 1.807) is 19.2 Å². The third-order valence-corrected chi connectivity index (χ3v) is 5.23. The predicted molar refractivity (Wildman–Crippen MR) is 98.0 cm³/mol. The fourth-order valence-electron chi connectivity index (χ4n) is 3.70. The summed E-state index contributed by atoms with van der Waals surface area (Å²) < 4.78 is 9.99. The lowest BCUT2D eigenvalue weighted by Gasteiger charge is -2.19. The molecular formula is C20H24N2O6. The van der Waals surface area contributed by atoms with Crippen LogP contribution in [0.2, 0.25) is 0 Å². The average molecular weight is 388 g/mol. The number of hydrogen-bond donors (Lipinski definition) is 1. The number of benzene rings is 1. The second-order valence-corrected chi connectivity index (χ2v) is 7.05. The van der Waals surface area contributed by atoms with Crippen molar-refractivity contribution in [2.24, 2.45) is 11.8 Å². The van der Waals surface area contributed by atoms with Gasteiger partial charge in [-0.15, -0.1) is 0 Å². The largest absolute Gasteiger partial charge is 0.497 e. The van der Waals surface area contributed by atoms with Crippen molar-refractivity contribution in [1.29, 1.82) is 0 Å². The molecule has 8 nitrogen and oxygen atoms in total. The SMILES string of the molecule is COc1ccc(CNC(=O)COC(=O)CN2C(=O)[C@H]3CCCC[C@H]3C2=O)cc1. The maximum absolute atomic E-state index is 12.3. The van der Waals surface area contributed by atoms with Crippen LogP contribution in [0.4, 0.5) is 0 Å². The van der Waals surface area contributed by atoms with Gasteiger partial charge in [-0.05, 0) is 30.5 Å². The Bertz CT molecular complexity index is 736. The van der Waals surface area contributed by atoms with E-state index in [2.05, 4.69) is 5.32 Å². The minimum Gasteiger partial charge on any atom is -0.497 e. The number of methoxy groups -OCH3 is 1.